The molecule has 0 aromatic carbocycles. The van der Waals surface area contributed by atoms with Crippen molar-refractivity contribution in [2.24, 2.45) is 11.3 Å². The summed E-state index contributed by atoms with van der Waals surface area (Å²) in [5.41, 5.74) is 3.24. The number of rotatable bonds is 3. The number of hydrogen-bond donors (Lipinski definition) is 0. The third-order valence-electron chi connectivity index (χ3n) is 4.01. The maximum Gasteiger partial charge on any atom is 0.0750 e. The van der Waals surface area contributed by atoms with E-state index in [0.717, 1.165) is 0 Å². The van der Waals surface area contributed by atoms with Crippen molar-refractivity contribution in [2.75, 3.05) is 21.3 Å². The van der Waals surface area contributed by atoms with Crippen LogP contribution in [0.4, 0.5) is 0 Å². The van der Waals surface area contributed by atoms with Crippen molar-refractivity contribution in [3.05, 3.63) is 23.3 Å². The van der Waals surface area contributed by atoms with Crippen LogP contribution in [0.15, 0.2) is 23.3 Å². The van der Waals surface area contributed by atoms with E-state index in [1.165, 1.54) is 24.0 Å². The molecule has 0 N–H and O–H groups in total. The molecule has 0 amide bonds. The molecular weight excluding hydrogens is 236 g/mol. The first-order valence-electron chi connectivity index (χ1n) is 7.08. The lowest BCUT2D eigenvalue weighted by Crippen LogP contribution is -2.27. The van der Waals surface area contributed by atoms with Crippen molar-refractivity contribution >= 4 is 0 Å². The minimum absolute atomic E-state index is 0.227. The molecule has 0 bridgehead atoms. The van der Waals surface area contributed by atoms with E-state index in [-0.39, 0.29) is 6.10 Å². The Kier molecular flexibility index (Phi) is 8.28. The normalized spacial score (nSPS) is 24.1. The molecule has 2 atom stereocenters. The molecule has 112 valence electrons. The van der Waals surface area contributed by atoms with Crippen LogP contribution in [0, 0.1) is 11.3 Å². The molecule has 2 heteroatoms. The fourth-order valence-corrected chi connectivity index (χ4v) is 2.51. The van der Waals surface area contributed by atoms with Gasteiger partial charge in [0.2, 0.25) is 0 Å². The maximum absolute atomic E-state index is 5.37. The van der Waals surface area contributed by atoms with Gasteiger partial charge in [-0.1, -0.05) is 31.6 Å². The van der Waals surface area contributed by atoms with Crippen molar-refractivity contribution in [3.63, 3.8) is 0 Å². The van der Waals surface area contributed by atoms with Crippen molar-refractivity contribution in [1.82, 2.24) is 0 Å². The Morgan fingerprint density at radius 1 is 1.37 bits per heavy atom. The van der Waals surface area contributed by atoms with E-state index in [2.05, 4.69) is 51.5 Å². The highest BCUT2D eigenvalue weighted by molar-refractivity contribution is 5.22. The summed E-state index contributed by atoms with van der Waals surface area (Å²) in [6, 6.07) is 0. The van der Waals surface area contributed by atoms with Crippen LogP contribution >= 0.6 is 0 Å². The van der Waals surface area contributed by atoms with Crippen molar-refractivity contribution in [2.45, 2.75) is 53.6 Å². The molecule has 0 heterocycles. The summed E-state index contributed by atoms with van der Waals surface area (Å²) in [6.07, 6.45) is 7.52. The molecule has 0 radical (unpaired) electrons. The average molecular weight is 268 g/mol. The third kappa shape index (κ3) is 5.92. The fraction of sp³-hybridized carbons (Fsp3) is 0.765. The Balaban J connectivity index is 0.000000982. The zero-order valence-corrected chi connectivity index (χ0v) is 14.0. The van der Waals surface area contributed by atoms with Crippen LogP contribution in [-0.4, -0.2) is 27.4 Å². The smallest absolute Gasteiger partial charge is 0.0750 e. The summed E-state index contributed by atoms with van der Waals surface area (Å²) in [4.78, 5) is 0. The van der Waals surface area contributed by atoms with Gasteiger partial charge in [-0.3, -0.25) is 0 Å². The van der Waals surface area contributed by atoms with E-state index in [9.17, 15) is 0 Å². The topological polar surface area (TPSA) is 18.5 Å². The largest absolute Gasteiger partial charge is 0.388 e. The minimum Gasteiger partial charge on any atom is -0.388 e. The van der Waals surface area contributed by atoms with E-state index in [1.54, 1.807) is 21.3 Å². The van der Waals surface area contributed by atoms with Gasteiger partial charge in [0, 0.05) is 27.2 Å². The van der Waals surface area contributed by atoms with Crippen LogP contribution in [-0.2, 0) is 9.47 Å². The molecular formula is C17H32O2. The van der Waals surface area contributed by atoms with Crippen molar-refractivity contribution < 1.29 is 9.47 Å². The second-order valence-corrected chi connectivity index (χ2v) is 6.15. The number of hydrogen-bond acceptors (Lipinski definition) is 2. The molecule has 1 aliphatic rings. The van der Waals surface area contributed by atoms with Gasteiger partial charge in [-0.2, -0.15) is 0 Å². The molecule has 0 aromatic rings. The highest BCUT2D eigenvalue weighted by Gasteiger charge is 2.31. The van der Waals surface area contributed by atoms with Crippen LogP contribution in [0.25, 0.3) is 0 Å². The molecule has 0 aromatic heterocycles. The SMILES string of the molecule is COC.COC(C)C(C)=CC1C(C)=CCCC1(C)C. The Morgan fingerprint density at radius 3 is 2.32 bits per heavy atom. The molecule has 0 saturated carbocycles. The standard InChI is InChI=1S/C15H26O.C2H6O/c1-11-8-7-9-15(4,5)14(11)10-12(2)13(3)16-6;1-3-2/h8,10,13-14H,7,9H2,1-6H3;1-2H3. The molecule has 0 saturated heterocycles. The first-order chi connectivity index (χ1) is 8.80. The zero-order valence-electron chi connectivity index (χ0n) is 14.0. The lowest BCUT2D eigenvalue weighted by Gasteiger charge is -2.37. The minimum atomic E-state index is 0.227. The van der Waals surface area contributed by atoms with Gasteiger partial charge in [0.25, 0.3) is 0 Å². The van der Waals surface area contributed by atoms with Crippen molar-refractivity contribution in [1.29, 1.82) is 0 Å². The second kappa shape index (κ2) is 8.55. The quantitative estimate of drug-likeness (QED) is 0.696. The van der Waals surface area contributed by atoms with E-state index < -0.39 is 0 Å². The number of ether oxygens (including phenoxy) is 2. The Labute approximate surface area is 119 Å². The Bertz CT molecular complexity index is 313. The summed E-state index contributed by atoms with van der Waals surface area (Å²) >= 11 is 0. The maximum atomic E-state index is 5.37. The Hall–Kier alpha value is -0.600. The lowest BCUT2D eigenvalue weighted by atomic mass is 9.68. The number of allylic oxidation sites excluding steroid dienone is 3. The zero-order chi connectivity index (χ0) is 15.1. The molecule has 0 spiro atoms. The first kappa shape index (κ1) is 18.4. The third-order valence-corrected chi connectivity index (χ3v) is 4.01. The van der Waals surface area contributed by atoms with Gasteiger partial charge in [-0.25, -0.2) is 0 Å². The van der Waals surface area contributed by atoms with Crippen molar-refractivity contribution in [3.8, 4) is 0 Å². The molecule has 1 rings (SSSR count). The highest BCUT2D eigenvalue weighted by Crippen LogP contribution is 2.42. The summed E-state index contributed by atoms with van der Waals surface area (Å²) in [5, 5.41) is 0. The van der Waals surface area contributed by atoms with Gasteiger partial charge in [-0.05, 0) is 44.6 Å². The van der Waals surface area contributed by atoms with Gasteiger partial charge in [0.1, 0.15) is 0 Å². The van der Waals surface area contributed by atoms with Crippen LogP contribution in [0.2, 0.25) is 0 Å². The monoisotopic (exact) mass is 268 g/mol. The van der Waals surface area contributed by atoms with Crippen LogP contribution < -0.4 is 0 Å². The Morgan fingerprint density at radius 2 is 1.89 bits per heavy atom. The van der Waals surface area contributed by atoms with Gasteiger partial charge >= 0.3 is 0 Å². The summed E-state index contributed by atoms with van der Waals surface area (Å²) in [6.45, 7) is 11.3. The molecule has 2 nitrogen and oxygen atoms in total. The summed E-state index contributed by atoms with van der Waals surface area (Å²) < 4.78 is 9.62. The average Bonchev–Trinajstić information content (AvgIpc) is 2.33. The fourth-order valence-electron chi connectivity index (χ4n) is 2.51. The first-order valence-corrected chi connectivity index (χ1v) is 7.08. The van der Waals surface area contributed by atoms with Gasteiger partial charge < -0.3 is 9.47 Å². The van der Waals surface area contributed by atoms with E-state index in [4.69, 9.17) is 4.74 Å². The molecule has 1 aliphatic carbocycles. The van der Waals surface area contributed by atoms with Gasteiger partial charge in [-0.15, -0.1) is 0 Å². The van der Waals surface area contributed by atoms with Gasteiger partial charge in [0.05, 0.1) is 6.10 Å². The second-order valence-electron chi connectivity index (χ2n) is 6.15. The predicted molar refractivity (Wildman–Crippen MR) is 83.4 cm³/mol. The van der Waals surface area contributed by atoms with Crippen LogP contribution in [0.5, 0.6) is 0 Å². The predicted octanol–water partition coefficient (Wildman–Crippen LogP) is 4.61. The van der Waals surface area contributed by atoms with E-state index >= 15 is 0 Å². The molecule has 0 fully saturated rings. The highest BCUT2D eigenvalue weighted by atomic mass is 16.5. The van der Waals surface area contributed by atoms with Crippen LogP contribution in [0.1, 0.15) is 47.5 Å². The van der Waals surface area contributed by atoms with Gasteiger partial charge in [0.15, 0.2) is 0 Å². The lowest BCUT2D eigenvalue weighted by molar-refractivity contribution is 0.145. The molecule has 2 unspecified atom stereocenters. The number of methoxy groups -OCH3 is 2. The van der Waals surface area contributed by atoms with E-state index in [1.807, 2.05) is 0 Å². The summed E-state index contributed by atoms with van der Waals surface area (Å²) in [7, 11) is 5.02. The van der Waals surface area contributed by atoms with Crippen LogP contribution in [0.3, 0.4) is 0 Å². The van der Waals surface area contributed by atoms with E-state index in [0.29, 0.717) is 11.3 Å². The molecule has 0 aliphatic heterocycles. The molecule has 19 heavy (non-hydrogen) atoms. The summed E-state index contributed by atoms with van der Waals surface area (Å²) in [5.74, 6) is 0.568.